The Bertz CT molecular complexity index is 1400. The SMILES string of the molecule is O=C(/C=C/c1ccccc1Cl)NC1CCc2ccc(C(=O)N3CCC4(CC3)CCN(c3ccncc3)C4)cc21. The van der Waals surface area contributed by atoms with E-state index in [-0.39, 0.29) is 23.3 Å². The zero-order chi connectivity index (χ0) is 26.8. The fourth-order valence-electron chi connectivity index (χ4n) is 6.37. The van der Waals surface area contributed by atoms with Gasteiger partial charge in [0.15, 0.2) is 0 Å². The number of fused-ring (bicyclic) bond motifs is 1. The van der Waals surface area contributed by atoms with Crippen molar-refractivity contribution in [3.8, 4) is 0 Å². The first-order chi connectivity index (χ1) is 19.0. The maximum absolute atomic E-state index is 13.5. The summed E-state index contributed by atoms with van der Waals surface area (Å²) in [4.78, 5) is 34.8. The summed E-state index contributed by atoms with van der Waals surface area (Å²) in [5, 5.41) is 3.73. The van der Waals surface area contributed by atoms with Crippen molar-refractivity contribution in [2.24, 2.45) is 5.41 Å². The first-order valence-electron chi connectivity index (χ1n) is 13.8. The van der Waals surface area contributed by atoms with Crippen LogP contribution in [0.2, 0.25) is 5.02 Å². The molecule has 2 fully saturated rings. The van der Waals surface area contributed by atoms with E-state index in [1.165, 1.54) is 23.7 Å². The van der Waals surface area contributed by atoms with Crippen molar-refractivity contribution >= 4 is 35.2 Å². The number of amides is 2. The van der Waals surface area contributed by atoms with Crippen molar-refractivity contribution < 1.29 is 9.59 Å². The lowest BCUT2D eigenvalue weighted by Crippen LogP contribution is -2.44. The molecule has 1 aromatic heterocycles. The van der Waals surface area contributed by atoms with Gasteiger partial charge in [-0.3, -0.25) is 14.6 Å². The minimum absolute atomic E-state index is 0.0900. The van der Waals surface area contributed by atoms with Crippen molar-refractivity contribution in [2.75, 3.05) is 31.1 Å². The van der Waals surface area contributed by atoms with Crippen molar-refractivity contribution in [3.63, 3.8) is 0 Å². The number of hydrogen-bond acceptors (Lipinski definition) is 4. The van der Waals surface area contributed by atoms with Gasteiger partial charge in [0.05, 0.1) is 6.04 Å². The van der Waals surface area contributed by atoms with Crippen molar-refractivity contribution in [3.05, 3.63) is 100 Å². The summed E-state index contributed by atoms with van der Waals surface area (Å²) >= 11 is 6.20. The zero-order valence-corrected chi connectivity index (χ0v) is 22.7. The number of likely N-dealkylation sites (tertiary alicyclic amines) is 1. The molecule has 3 heterocycles. The molecule has 1 unspecified atom stereocenters. The Labute approximate surface area is 234 Å². The Morgan fingerprint density at radius 3 is 2.56 bits per heavy atom. The van der Waals surface area contributed by atoms with E-state index in [0.29, 0.717) is 10.6 Å². The molecular weight excluding hydrogens is 508 g/mol. The van der Waals surface area contributed by atoms with E-state index >= 15 is 0 Å². The van der Waals surface area contributed by atoms with E-state index in [1.807, 2.05) is 47.6 Å². The van der Waals surface area contributed by atoms with Crippen LogP contribution in [0.25, 0.3) is 6.08 Å². The van der Waals surface area contributed by atoms with E-state index in [9.17, 15) is 9.59 Å². The highest BCUT2D eigenvalue weighted by Gasteiger charge is 2.41. The molecule has 6 nitrogen and oxygen atoms in total. The molecule has 0 saturated carbocycles. The number of anilines is 1. The maximum atomic E-state index is 13.5. The molecule has 2 aromatic carbocycles. The van der Waals surface area contributed by atoms with Gasteiger partial charge in [0, 0.05) is 60.9 Å². The lowest BCUT2D eigenvalue weighted by Gasteiger charge is -2.39. The van der Waals surface area contributed by atoms with Crippen molar-refractivity contribution in [2.45, 2.75) is 38.1 Å². The summed E-state index contributed by atoms with van der Waals surface area (Å²) in [6, 6.07) is 17.5. The van der Waals surface area contributed by atoms with Crippen LogP contribution in [0, 0.1) is 5.41 Å². The second-order valence-corrected chi connectivity index (χ2v) is 11.4. The van der Waals surface area contributed by atoms with Crippen LogP contribution in [0.4, 0.5) is 5.69 Å². The van der Waals surface area contributed by atoms with Gasteiger partial charge in [-0.25, -0.2) is 0 Å². The molecule has 1 spiro atoms. The van der Waals surface area contributed by atoms with Gasteiger partial charge in [0.25, 0.3) is 5.91 Å². The second kappa shape index (κ2) is 10.9. The van der Waals surface area contributed by atoms with Gasteiger partial charge in [0.2, 0.25) is 5.91 Å². The van der Waals surface area contributed by atoms with Crippen LogP contribution in [0.1, 0.15) is 58.8 Å². The third-order valence-corrected chi connectivity index (χ3v) is 9.03. The van der Waals surface area contributed by atoms with Crippen LogP contribution in [-0.2, 0) is 11.2 Å². The molecule has 7 heteroatoms. The number of pyridine rings is 1. The molecule has 3 aliphatic rings. The standard InChI is InChI=1S/C32H33ClN4O2/c33-28-4-2-1-3-24(28)8-10-30(38)35-29-9-7-23-5-6-25(21-27(23)29)31(39)36-18-13-32(14-19-36)15-20-37(22-32)26-11-16-34-17-12-26/h1-6,8,10-12,16-17,21,29H,7,9,13-15,18-20,22H2,(H,35,38)/b10-8+. The van der Waals surface area contributed by atoms with Gasteiger partial charge >= 0.3 is 0 Å². The molecule has 1 aliphatic carbocycles. The number of hydrogen-bond donors (Lipinski definition) is 1. The average molecular weight is 541 g/mol. The van der Waals surface area contributed by atoms with E-state index in [1.54, 1.807) is 12.1 Å². The van der Waals surface area contributed by atoms with Crippen LogP contribution in [0.15, 0.2) is 73.1 Å². The van der Waals surface area contributed by atoms with Crippen LogP contribution in [0.3, 0.4) is 0 Å². The van der Waals surface area contributed by atoms with Gasteiger partial charge in [0.1, 0.15) is 0 Å². The summed E-state index contributed by atoms with van der Waals surface area (Å²) in [5.41, 5.74) is 5.29. The maximum Gasteiger partial charge on any atom is 0.253 e. The van der Waals surface area contributed by atoms with E-state index < -0.39 is 0 Å². The number of rotatable bonds is 5. The van der Waals surface area contributed by atoms with Gasteiger partial charge in [-0.05, 0) is 90.6 Å². The topological polar surface area (TPSA) is 65.5 Å². The number of aromatic nitrogens is 1. The fraction of sp³-hybridized carbons (Fsp3) is 0.344. The normalized spacial score (nSPS) is 20.0. The molecule has 200 valence electrons. The highest BCUT2D eigenvalue weighted by atomic mass is 35.5. The summed E-state index contributed by atoms with van der Waals surface area (Å²) in [7, 11) is 0. The number of halogens is 1. The van der Waals surface area contributed by atoms with Gasteiger partial charge in [-0.2, -0.15) is 0 Å². The van der Waals surface area contributed by atoms with E-state index in [2.05, 4.69) is 33.4 Å². The number of nitrogens with one attached hydrogen (secondary N) is 1. The van der Waals surface area contributed by atoms with Crippen LogP contribution >= 0.6 is 11.6 Å². The molecule has 6 rings (SSSR count). The number of piperidine rings is 1. The predicted molar refractivity (Wildman–Crippen MR) is 155 cm³/mol. The number of carbonyl (C=O) groups excluding carboxylic acids is 2. The minimum Gasteiger partial charge on any atom is -0.371 e. The van der Waals surface area contributed by atoms with E-state index in [4.69, 9.17) is 11.6 Å². The summed E-state index contributed by atoms with van der Waals surface area (Å²) in [5.74, 6) is -0.0737. The smallest absolute Gasteiger partial charge is 0.253 e. The van der Waals surface area contributed by atoms with E-state index in [0.717, 1.165) is 63.0 Å². The number of aryl methyl sites for hydroxylation is 1. The Morgan fingerprint density at radius 2 is 1.77 bits per heavy atom. The first-order valence-corrected chi connectivity index (χ1v) is 14.2. The van der Waals surface area contributed by atoms with Crippen LogP contribution < -0.4 is 10.2 Å². The van der Waals surface area contributed by atoms with Crippen LogP contribution in [-0.4, -0.2) is 47.9 Å². The molecule has 2 saturated heterocycles. The Kier molecular flexibility index (Phi) is 7.13. The molecule has 39 heavy (non-hydrogen) atoms. The fourth-order valence-corrected chi connectivity index (χ4v) is 6.56. The first kappa shape index (κ1) is 25.6. The van der Waals surface area contributed by atoms with Crippen molar-refractivity contribution in [1.29, 1.82) is 0 Å². The van der Waals surface area contributed by atoms with Gasteiger partial charge < -0.3 is 15.1 Å². The summed E-state index contributed by atoms with van der Waals surface area (Å²) < 4.78 is 0. The molecule has 1 N–H and O–H groups in total. The highest BCUT2D eigenvalue weighted by molar-refractivity contribution is 6.32. The molecule has 1 atom stereocenters. The summed E-state index contributed by atoms with van der Waals surface area (Å²) in [6.45, 7) is 3.67. The predicted octanol–water partition coefficient (Wildman–Crippen LogP) is 5.68. The van der Waals surface area contributed by atoms with Crippen molar-refractivity contribution in [1.82, 2.24) is 15.2 Å². The largest absolute Gasteiger partial charge is 0.371 e. The zero-order valence-electron chi connectivity index (χ0n) is 22.0. The number of nitrogens with zero attached hydrogens (tertiary/aromatic N) is 3. The molecule has 0 bridgehead atoms. The average Bonchev–Trinajstić information content (AvgIpc) is 3.57. The molecule has 2 aliphatic heterocycles. The third kappa shape index (κ3) is 5.44. The minimum atomic E-state index is -0.164. The Balaban J connectivity index is 1.08. The third-order valence-electron chi connectivity index (χ3n) is 8.68. The molecular formula is C32H33ClN4O2. The number of benzene rings is 2. The monoisotopic (exact) mass is 540 g/mol. The second-order valence-electron chi connectivity index (χ2n) is 11.0. The molecule has 3 aromatic rings. The summed E-state index contributed by atoms with van der Waals surface area (Å²) in [6.07, 6.45) is 11.9. The van der Waals surface area contributed by atoms with Gasteiger partial charge in [-0.1, -0.05) is 35.9 Å². The highest BCUT2D eigenvalue weighted by Crippen LogP contribution is 2.42. The quantitative estimate of drug-likeness (QED) is 0.423. The Hall–Kier alpha value is -3.64. The Morgan fingerprint density at radius 1 is 1.00 bits per heavy atom. The lowest BCUT2D eigenvalue weighted by atomic mass is 9.77. The van der Waals surface area contributed by atoms with Crippen LogP contribution in [0.5, 0.6) is 0 Å². The molecule has 0 radical (unpaired) electrons. The van der Waals surface area contributed by atoms with Gasteiger partial charge in [-0.15, -0.1) is 0 Å². The molecule has 2 amide bonds. The number of carbonyl (C=O) groups is 2. The lowest BCUT2D eigenvalue weighted by molar-refractivity contribution is -0.117.